The van der Waals surface area contributed by atoms with Gasteiger partial charge >= 0.3 is 5.97 Å². The fourth-order valence-electron chi connectivity index (χ4n) is 4.69. The Kier molecular flexibility index (Phi) is 10.2. The van der Waals surface area contributed by atoms with Gasteiger partial charge in [0, 0.05) is 50.8 Å². The van der Waals surface area contributed by atoms with Crippen LogP contribution in [0.2, 0.25) is 0 Å². The van der Waals surface area contributed by atoms with Gasteiger partial charge in [0.2, 0.25) is 5.95 Å². The predicted octanol–water partition coefficient (Wildman–Crippen LogP) is 4.69. The second kappa shape index (κ2) is 14.8. The van der Waals surface area contributed by atoms with Crippen LogP contribution in [0, 0.1) is 0 Å². The van der Waals surface area contributed by atoms with E-state index in [1.165, 1.54) is 11.3 Å². The zero-order chi connectivity index (χ0) is 30.7. The summed E-state index contributed by atoms with van der Waals surface area (Å²) in [5, 5.41) is 26.6. The molecule has 3 aromatic heterocycles. The molecule has 0 spiro atoms. The maximum atomic E-state index is 10.9. The average molecular weight is 613 g/mol. The summed E-state index contributed by atoms with van der Waals surface area (Å²) in [6.07, 6.45) is 1.24. The lowest BCUT2D eigenvalue weighted by molar-refractivity contribution is -0.137. The third kappa shape index (κ3) is 8.46. The van der Waals surface area contributed by atoms with Crippen LogP contribution in [0.4, 0.5) is 28.4 Å². The number of fused-ring (bicyclic) bond motifs is 1. The van der Waals surface area contributed by atoms with Crippen molar-refractivity contribution >= 4 is 62.5 Å². The van der Waals surface area contributed by atoms with Gasteiger partial charge in [0.15, 0.2) is 5.13 Å². The number of thiazole rings is 1. The molecule has 13 heteroatoms. The lowest BCUT2D eigenvalue weighted by Gasteiger charge is -2.28. The van der Waals surface area contributed by atoms with Crippen molar-refractivity contribution in [3.63, 3.8) is 0 Å². The Morgan fingerprint density at radius 1 is 0.932 bits per heavy atom. The number of piperazine rings is 1. The number of aromatic nitrogens is 4. The van der Waals surface area contributed by atoms with Gasteiger partial charge in [0.1, 0.15) is 22.0 Å². The second-order valence-corrected chi connectivity index (χ2v) is 10.9. The predicted molar refractivity (Wildman–Crippen MR) is 171 cm³/mol. The smallest absolute Gasteiger partial charge is 0.303 e. The lowest BCUT2D eigenvalue weighted by Crippen LogP contribution is -2.43. The van der Waals surface area contributed by atoms with Gasteiger partial charge in [-0.2, -0.15) is 4.98 Å². The maximum Gasteiger partial charge on any atom is 0.303 e. The van der Waals surface area contributed by atoms with E-state index >= 15 is 0 Å². The van der Waals surface area contributed by atoms with Gasteiger partial charge in [0.05, 0.1) is 5.69 Å². The largest absolute Gasteiger partial charge is 0.483 e. The molecule has 0 saturated carbocycles. The van der Waals surface area contributed by atoms with Crippen molar-refractivity contribution in [2.45, 2.75) is 19.3 Å². The monoisotopic (exact) mass is 612 g/mol. The molecule has 0 radical (unpaired) electrons. The van der Waals surface area contributed by atoms with Crippen molar-refractivity contribution in [3.05, 3.63) is 89.6 Å². The Bertz CT molecular complexity index is 1690. The molecule has 2 aromatic carbocycles. The van der Waals surface area contributed by atoms with Gasteiger partial charge in [-0.15, -0.1) is 0 Å². The number of carboxylic acids is 1. The van der Waals surface area contributed by atoms with E-state index < -0.39 is 5.97 Å². The van der Waals surface area contributed by atoms with E-state index in [0.29, 0.717) is 29.7 Å². The van der Waals surface area contributed by atoms with Crippen LogP contribution in [0.3, 0.4) is 0 Å². The molecule has 1 fully saturated rings. The number of carbonyl (C=O) groups is 2. The second-order valence-electron chi connectivity index (χ2n) is 9.93. The van der Waals surface area contributed by atoms with Gasteiger partial charge in [-0.05, 0) is 41.8 Å². The molecule has 6 rings (SSSR count). The number of pyridine rings is 1. The Morgan fingerprint density at radius 2 is 1.68 bits per heavy atom. The zero-order valence-electron chi connectivity index (χ0n) is 23.8. The van der Waals surface area contributed by atoms with Crippen LogP contribution >= 0.6 is 11.3 Å². The van der Waals surface area contributed by atoms with Gasteiger partial charge < -0.3 is 31.1 Å². The number of carboxylic acid groups (broad SMARTS) is 2. The summed E-state index contributed by atoms with van der Waals surface area (Å²) in [7, 11) is 0. The molecule has 12 nitrogen and oxygen atoms in total. The van der Waals surface area contributed by atoms with Crippen LogP contribution in [-0.2, 0) is 22.4 Å². The number of hydrogen-bond acceptors (Lipinski definition) is 11. The van der Waals surface area contributed by atoms with E-state index in [0.717, 1.165) is 64.9 Å². The van der Waals surface area contributed by atoms with E-state index in [-0.39, 0.29) is 12.9 Å². The summed E-state index contributed by atoms with van der Waals surface area (Å²) >= 11 is 1.50. The Balaban J connectivity index is 0.00000123. The van der Waals surface area contributed by atoms with Crippen molar-refractivity contribution < 1.29 is 19.8 Å². The minimum atomic E-state index is -0.806. The standard InChI is InChI=1S/C30H30N8O2S.CH2O2/c39-27(40)13-8-20-6-9-22(10-7-20)32-29-33-23(18-21-4-2-1-3-5-21)19-25(35-29)36-30-34-24-11-12-26(37-28(24)41-30)38-16-14-31-15-17-38;2-1-3/h1-7,9-12,19,31H,8,13-18H2,(H,39,40)(H2,32,33,34,35,36);1H,(H,2,3). The third-order valence-electron chi connectivity index (χ3n) is 6.76. The number of hydrogen-bond donors (Lipinski definition) is 5. The number of benzene rings is 2. The summed E-state index contributed by atoms with van der Waals surface area (Å²) < 4.78 is 0. The molecule has 1 aliphatic heterocycles. The quantitative estimate of drug-likeness (QED) is 0.138. The van der Waals surface area contributed by atoms with Crippen LogP contribution in [0.15, 0.2) is 72.8 Å². The molecule has 0 unspecified atom stereocenters. The van der Waals surface area contributed by atoms with E-state index in [9.17, 15) is 4.79 Å². The summed E-state index contributed by atoms with van der Waals surface area (Å²) in [5.41, 5.74) is 4.63. The Morgan fingerprint density at radius 3 is 2.41 bits per heavy atom. The minimum Gasteiger partial charge on any atom is -0.483 e. The van der Waals surface area contributed by atoms with E-state index in [4.69, 9.17) is 34.9 Å². The van der Waals surface area contributed by atoms with Crippen molar-refractivity contribution in [3.8, 4) is 0 Å². The highest BCUT2D eigenvalue weighted by Gasteiger charge is 2.15. The number of aryl methyl sites for hydroxylation is 1. The first-order valence-electron chi connectivity index (χ1n) is 14.1. The molecule has 5 N–H and O–H groups in total. The fourth-order valence-corrected chi connectivity index (χ4v) is 5.53. The molecular formula is C31H32N8O4S. The molecular weight excluding hydrogens is 580 g/mol. The van der Waals surface area contributed by atoms with Crippen molar-refractivity contribution in [1.82, 2.24) is 25.3 Å². The molecule has 5 aromatic rings. The number of nitrogens with one attached hydrogen (secondary N) is 3. The molecule has 4 heterocycles. The van der Waals surface area contributed by atoms with Crippen LogP contribution < -0.4 is 20.9 Å². The summed E-state index contributed by atoms with van der Waals surface area (Å²) in [6, 6.07) is 23.8. The number of anilines is 5. The molecule has 44 heavy (non-hydrogen) atoms. The highest BCUT2D eigenvalue weighted by molar-refractivity contribution is 7.21. The van der Waals surface area contributed by atoms with Crippen LogP contribution in [0.5, 0.6) is 0 Å². The topological polar surface area (TPSA) is 165 Å². The highest BCUT2D eigenvalue weighted by Crippen LogP contribution is 2.29. The minimum absolute atomic E-state index is 0.102. The van der Waals surface area contributed by atoms with Crippen molar-refractivity contribution in [1.29, 1.82) is 0 Å². The summed E-state index contributed by atoms with van der Waals surface area (Å²) in [4.78, 5) is 41.6. The highest BCUT2D eigenvalue weighted by atomic mass is 32.1. The molecule has 0 aliphatic carbocycles. The number of aliphatic carboxylic acids is 1. The number of nitrogens with zero attached hydrogens (tertiary/aromatic N) is 5. The van der Waals surface area contributed by atoms with E-state index in [1.807, 2.05) is 60.7 Å². The van der Waals surface area contributed by atoms with Crippen LogP contribution in [-0.4, -0.2) is 68.8 Å². The summed E-state index contributed by atoms with van der Waals surface area (Å²) in [5.74, 6) is 1.26. The Labute approximate surface area is 257 Å². The first kappa shape index (κ1) is 30.3. The summed E-state index contributed by atoms with van der Waals surface area (Å²) in [6.45, 7) is 3.54. The molecule has 0 atom stereocenters. The Hall–Kier alpha value is -5.14. The lowest BCUT2D eigenvalue weighted by atomic mass is 10.1. The molecule has 0 bridgehead atoms. The van der Waals surface area contributed by atoms with Gasteiger partial charge in [-0.1, -0.05) is 53.8 Å². The third-order valence-corrected chi connectivity index (χ3v) is 7.64. The molecule has 0 amide bonds. The van der Waals surface area contributed by atoms with Gasteiger partial charge in [0.25, 0.3) is 6.47 Å². The van der Waals surface area contributed by atoms with E-state index in [1.54, 1.807) is 0 Å². The first-order chi connectivity index (χ1) is 21.5. The molecule has 1 aliphatic rings. The van der Waals surface area contributed by atoms with Gasteiger partial charge in [-0.25, -0.2) is 15.0 Å². The average Bonchev–Trinajstić information content (AvgIpc) is 3.43. The maximum absolute atomic E-state index is 10.9. The first-order valence-corrected chi connectivity index (χ1v) is 14.9. The van der Waals surface area contributed by atoms with Crippen LogP contribution in [0.1, 0.15) is 23.2 Å². The molecule has 226 valence electrons. The molecule has 1 saturated heterocycles. The van der Waals surface area contributed by atoms with E-state index in [2.05, 4.69) is 33.0 Å². The van der Waals surface area contributed by atoms with Crippen LogP contribution in [0.25, 0.3) is 10.3 Å². The van der Waals surface area contributed by atoms with Gasteiger partial charge in [-0.3, -0.25) is 9.59 Å². The normalized spacial score (nSPS) is 12.7. The van der Waals surface area contributed by atoms with Crippen molar-refractivity contribution in [2.24, 2.45) is 0 Å². The SMILES string of the molecule is O=C(O)CCc1ccc(Nc2nc(Cc3ccccc3)cc(Nc3nc4ccc(N5CCNCC5)nc4s3)n2)cc1.O=CO. The number of rotatable bonds is 10. The zero-order valence-corrected chi connectivity index (χ0v) is 24.6. The fraction of sp³-hybridized carbons (Fsp3) is 0.226. The van der Waals surface area contributed by atoms with Crippen molar-refractivity contribution in [2.75, 3.05) is 41.7 Å².